The molecule has 0 fully saturated rings. The maximum Gasteiger partial charge on any atom is 0.251 e. The van der Waals surface area contributed by atoms with Gasteiger partial charge in [0.2, 0.25) is 0 Å². The van der Waals surface area contributed by atoms with Crippen LogP contribution < -0.4 is 10.6 Å². The Labute approximate surface area is 134 Å². The van der Waals surface area contributed by atoms with Crippen LogP contribution in [0.1, 0.15) is 34.7 Å². The monoisotopic (exact) mass is 306 g/mol. The Balaban J connectivity index is 1.64. The summed E-state index contributed by atoms with van der Waals surface area (Å²) in [6.45, 7) is 2.70. The fourth-order valence-electron chi connectivity index (χ4n) is 3.17. The minimum absolute atomic E-state index is 0.000895. The van der Waals surface area contributed by atoms with E-state index in [0.29, 0.717) is 6.54 Å². The van der Waals surface area contributed by atoms with Gasteiger partial charge in [-0.1, -0.05) is 18.2 Å². The molecule has 1 atom stereocenters. The van der Waals surface area contributed by atoms with Gasteiger partial charge in [-0.25, -0.2) is 4.98 Å². The molecule has 5 nitrogen and oxygen atoms in total. The lowest BCUT2D eigenvalue weighted by Crippen LogP contribution is -2.13. The van der Waals surface area contributed by atoms with Crippen molar-refractivity contribution in [3.8, 4) is 0 Å². The molecule has 0 unspecified atom stereocenters. The van der Waals surface area contributed by atoms with E-state index in [1.165, 1.54) is 0 Å². The first-order valence-electron chi connectivity index (χ1n) is 7.72. The van der Waals surface area contributed by atoms with E-state index in [1.54, 1.807) is 0 Å². The zero-order chi connectivity index (χ0) is 16.0. The van der Waals surface area contributed by atoms with E-state index in [0.717, 1.165) is 33.7 Å². The van der Waals surface area contributed by atoms with Crippen LogP contribution in [0.5, 0.6) is 0 Å². The first-order valence-corrected chi connectivity index (χ1v) is 7.72. The molecule has 0 saturated carbocycles. The quantitative estimate of drug-likeness (QED) is 0.782. The average Bonchev–Trinajstić information content (AvgIpc) is 3.09. The van der Waals surface area contributed by atoms with Gasteiger partial charge in [0.05, 0.1) is 17.1 Å². The van der Waals surface area contributed by atoms with Gasteiger partial charge in [0.1, 0.15) is 5.82 Å². The maximum atomic E-state index is 11.8. The zero-order valence-electron chi connectivity index (χ0n) is 13.1. The number of hydrogen-bond donors (Lipinski definition) is 2. The molecule has 0 bridgehead atoms. The van der Waals surface area contributed by atoms with Crippen LogP contribution in [0.15, 0.2) is 42.5 Å². The predicted molar refractivity (Wildman–Crippen MR) is 90.4 cm³/mol. The van der Waals surface area contributed by atoms with Gasteiger partial charge in [0.25, 0.3) is 5.91 Å². The van der Waals surface area contributed by atoms with E-state index in [1.807, 2.05) is 43.4 Å². The highest BCUT2D eigenvalue weighted by molar-refractivity contribution is 5.99. The Morgan fingerprint density at radius 1 is 1.26 bits per heavy atom. The summed E-state index contributed by atoms with van der Waals surface area (Å²) in [5.74, 6) is 0.968. The first-order chi connectivity index (χ1) is 11.1. The van der Waals surface area contributed by atoms with Gasteiger partial charge in [-0.3, -0.25) is 4.79 Å². The number of nitrogens with zero attached hydrogens (tertiary/aromatic N) is 2. The van der Waals surface area contributed by atoms with Crippen molar-refractivity contribution >= 4 is 22.6 Å². The number of fused-ring (bicyclic) bond motifs is 2. The SMILES string of the molecule is C[C@@H](Nc1ccc2c(c1)C(=O)NC2)c1nc2ccccc2n1C. The average molecular weight is 306 g/mol. The lowest BCUT2D eigenvalue weighted by Gasteiger charge is -2.15. The second kappa shape index (κ2) is 5.12. The van der Waals surface area contributed by atoms with Gasteiger partial charge in [0.15, 0.2) is 0 Å². The topological polar surface area (TPSA) is 59.0 Å². The van der Waals surface area contributed by atoms with E-state index in [2.05, 4.69) is 28.2 Å². The van der Waals surface area contributed by atoms with Crippen molar-refractivity contribution in [2.75, 3.05) is 5.32 Å². The molecule has 2 aromatic carbocycles. The van der Waals surface area contributed by atoms with Crippen molar-refractivity contribution in [1.29, 1.82) is 0 Å². The fourth-order valence-corrected chi connectivity index (χ4v) is 3.17. The molecular weight excluding hydrogens is 288 g/mol. The third-order valence-electron chi connectivity index (χ3n) is 4.39. The fraction of sp³-hybridized carbons (Fsp3) is 0.222. The number of carbonyl (C=O) groups excluding carboxylic acids is 1. The Morgan fingerprint density at radius 2 is 2.09 bits per heavy atom. The lowest BCUT2D eigenvalue weighted by molar-refractivity contribution is 0.0966. The van der Waals surface area contributed by atoms with Gasteiger partial charge < -0.3 is 15.2 Å². The normalized spacial score (nSPS) is 14.6. The Kier molecular flexibility index (Phi) is 3.08. The molecule has 0 spiro atoms. The molecule has 116 valence electrons. The van der Waals surface area contributed by atoms with Crippen molar-refractivity contribution in [3.63, 3.8) is 0 Å². The molecule has 3 aromatic rings. The number of aryl methyl sites for hydroxylation is 1. The molecule has 0 saturated heterocycles. The van der Waals surface area contributed by atoms with Crippen molar-refractivity contribution in [2.45, 2.75) is 19.5 Å². The Bertz CT molecular complexity index is 913. The summed E-state index contributed by atoms with van der Waals surface area (Å²) < 4.78 is 2.10. The minimum atomic E-state index is -0.000895. The van der Waals surface area contributed by atoms with Crippen molar-refractivity contribution < 1.29 is 4.79 Å². The van der Waals surface area contributed by atoms with Crippen molar-refractivity contribution in [2.24, 2.45) is 7.05 Å². The molecule has 5 heteroatoms. The van der Waals surface area contributed by atoms with Crippen molar-refractivity contribution in [1.82, 2.24) is 14.9 Å². The maximum absolute atomic E-state index is 11.8. The number of para-hydroxylation sites is 2. The van der Waals surface area contributed by atoms with E-state index in [9.17, 15) is 4.79 Å². The summed E-state index contributed by atoms with van der Waals surface area (Å²) in [5.41, 5.74) is 4.85. The highest BCUT2D eigenvalue weighted by Crippen LogP contribution is 2.25. The third kappa shape index (κ3) is 2.25. The van der Waals surface area contributed by atoms with Crippen LogP contribution >= 0.6 is 0 Å². The Hall–Kier alpha value is -2.82. The third-order valence-corrected chi connectivity index (χ3v) is 4.39. The largest absolute Gasteiger partial charge is 0.375 e. The van der Waals surface area contributed by atoms with Gasteiger partial charge in [-0.2, -0.15) is 0 Å². The van der Waals surface area contributed by atoms with E-state index in [-0.39, 0.29) is 11.9 Å². The standard InChI is InChI=1S/C18H18N4O/c1-11(17-21-15-5-3-4-6-16(15)22(17)2)20-13-8-7-12-10-19-18(23)14(12)9-13/h3-9,11,20H,10H2,1-2H3,(H,19,23)/t11-/m1/s1. The number of nitrogens with one attached hydrogen (secondary N) is 2. The zero-order valence-corrected chi connectivity index (χ0v) is 13.1. The molecule has 0 radical (unpaired) electrons. The molecule has 1 aromatic heterocycles. The summed E-state index contributed by atoms with van der Waals surface area (Å²) >= 11 is 0. The number of anilines is 1. The Morgan fingerprint density at radius 3 is 2.91 bits per heavy atom. The molecule has 0 aliphatic carbocycles. The number of rotatable bonds is 3. The van der Waals surface area contributed by atoms with Crippen molar-refractivity contribution in [3.05, 3.63) is 59.4 Å². The van der Waals surface area contributed by atoms with Crippen LogP contribution in [0.2, 0.25) is 0 Å². The number of benzene rings is 2. The minimum Gasteiger partial charge on any atom is -0.375 e. The van der Waals surface area contributed by atoms with Crippen LogP contribution in [0.3, 0.4) is 0 Å². The number of carbonyl (C=O) groups is 1. The van der Waals surface area contributed by atoms with Gasteiger partial charge in [0, 0.05) is 24.8 Å². The molecule has 23 heavy (non-hydrogen) atoms. The summed E-state index contributed by atoms with van der Waals surface area (Å²) in [5, 5.41) is 6.29. The lowest BCUT2D eigenvalue weighted by atomic mass is 10.1. The van der Waals surface area contributed by atoms with E-state index >= 15 is 0 Å². The summed E-state index contributed by atoms with van der Waals surface area (Å²) in [4.78, 5) is 16.5. The van der Waals surface area contributed by atoms with Gasteiger partial charge in [-0.05, 0) is 36.8 Å². The smallest absolute Gasteiger partial charge is 0.251 e. The number of imidazole rings is 1. The molecule has 2 N–H and O–H groups in total. The van der Waals surface area contributed by atoms with E-state index in [4.69, 9.17) is 4.98 Å². The summed E-state index contributed by atoms with van der Waals surface area (Å²) in [6.07, 6.45) is 0. The van der Waals surface area contributed by atoms with Crippen LogP contribution in [0.4, 0.5) is 5.69 Å². The molecule has 1 aliphatic heterocycles. The number of hydrogen-bond acceptors (Lipinski definition) is 3. The second-order valence-electron chi connectivity index (χ2n) is 5.94. The summed E-state index contributed by atoms with van der Waals surface area (Å²) in [7, 11) is 2.03. The second-order valence-corrected chi connectivity index (χ2v) is 5.94. The van der Waals surface area contributed by atoms with Crippen LogP contribution in [0, 0.1) is 0 Å². The molecule has 1 aliphatic rings. The number of aromatic nitrogens is 2. The van der Waals surface area contributed by atoms with Crippen LogP contribution in [-0.4, -0.2) is 15.5 Å². The summed E-state index contributed by atoms with van der Waals surface area (Å²) in [6, 6.07) is 14.1. The number of amides is 1. The van der Waals surface area contributed by atoms with Gasteiger partial charge in [-0.15, -0.1) is 0 Å². The van der Waals surface area contributed by atoms with Crippen LogP contribution in [0.25, 0.3) is 11.0 Å². The van der Waals surface area contributed by atoms with Gasteiger partial charge >= 0.3 is 0 Å². The molecular formula is C18H18N4O. The van der Waals surface area contributed by atoms with E-state index < -0.39 is 0 Å². The molecule has 2 heterocycles. The first kappa shape index (κ1) is 13.8. The molecule has 1 amide bonds. The molecule has 4 rings (SSSR count). The van der Waals surface area contributed by atoms with Crippen LogP contribution in [-0.2, 0) is 13.6 Å². The highest BCUT2D eigenvalue weighted by Gasteiger charge is 2.20. The predicted octanol–water partition coefficient (Wildman–Crippen LogP) is 2.99. The highest BCUT2D eigenvalue weighted by atomic mass is 16.1.